The summed E-state index contributed by atoms with van der Waals surface area (Å²) in [5, 5.41) is 9.83. The third-order valence-corrected chi connectivity index (χ3v) is 3.51. The van der Waals surface area contributed by atoms with E-state index in [-0.39, 0.29) is 11.4 Å². The molecule has 0 radical (unpaired) electrons. The van der Waals surface area contributed by atoms with Gasteiger partial charge in [-0.2, -0.15) is 5.26 Å². The van der Waals surface area contributed by atoms with Crippen LogP contribution in [0.3, 0.4) is 0 Å². The van der Waals surface area contributed by atoms with Gasteiger partial charge < -0.3 is 0 Å². The van der Waals surface area contributed by atoms with Crippen molar-refractivity contribution in [3.05, 3.63) is 75.8 Å². The van der Waals surface area contributed by atoms with Gasteiger partial charge in [0.1, 0.15) is 11.6 Å². The summed E-state index contributed by atoms with van der Waals surface area (Å²) >= 11 is 5.92. The standard InChI is InChI=1S/C19H16ClNO/c1-2-4-14-7-9-16(10-8-14)19(22)17(13-21)11-15-5-3-6-18(20)12-15/h3,5-12H,2,4H2,1H3/b17-11+. The van der Waals surface area contributed by atoms with E-state index in [0.717, 1.165) is 18.4 Å². The van der Waals surface area contributed by atoms with Crippen LogP contribution in [0.2, 0.25) is 5.02 Å². The molecule has 2 nitrogen and oxygen atoms in total. The molecule has 0 aromatic heterocycles. The molecule has 0 aliphatic heterocycles. The number of hydrogen-bond acceptors (Lipinski definition) is 2. The Morgan fingerprint density at radius 3 is 2.55 bits per heavy atom. The van der Waals surface area contributed by atoms with E-state index in [1.54, 1.807) is 42.5 Å². The number of ketones is 1. The molecule has 0 atom stereocenters. The number of rotatable bonds is 5. The van der Waals surface area contributed by atoms with Crippen LogP contribution in [0.4, 0.5) is 0 Å². The van der Waals surface area contributed by atoms with Crippen LogP contribution in [0, 0.1) is 11.3 Å². The van der Waals surface area contributed by atoms with Crippen molar-refractivity contribution in [3.8, 4) is 6.07 Å². The van der Waals surface area contributed by atoms with Gasteiger partial charge in [0, 0.05) is 10.6 Å². The fraction of sp³-hybridized carbons (Fsp3) is 0.158. The lowest BCUT2D eigenvalue weighted by Crippen LogP contribution is -2.02. The number of carbonyl (C=O) groups excluding carboxylic acids is 1. The molecule has 0 amide bonds. The Balaban J connectivity index is 2.27. The fourth-order valence-corrected chi connectivity index (χ4v) is 2.38. The molecule has 22 heavy (non-hydrogen) atoms. The molecule has 110 valence electrons. The van der Waals surface area contributed by atoms with Crippen LogP contribution < -0.4 is 0 Å². The van der Waals surface area contributed by atoms with Crippen molar-refractivity contribution in [1.82, 2.24) is 0 Å². The first kappa shape index (κ1) is 16.0. The maximum Gasteiger partial charge on any atom is 0.203 e. The number of hydrogen-bond donors (Lipinski definition) is 0. The van der Waals surface area contributed by atoms with Gasteiger partial charge in [-0.15, -0.1) is 0 Å². The maximum atomic E-state index is 12.4. The first-order valence-electron chi connectivity index (χ1n) is 7.15. The lowest BCUT2D eigenvalue weighted by Gasteiger charge is -2.03. The summed E-state index contributed by atoms with van der Waals surface area (Å²) in [7, 11) is 0. The number of nitriles is 1. The first-order chi connectivity index (χ1) is 10.6. The molecule has 2 aromatic rings. The zero-order valence-corrected chi connectivity index (χ0v) is 13.1. The molecule has 0 spiro atoms. The molecule has 0 fully saturated rings. The van der Waals surface area contributed by atoms with Crippen LogP contribution in [-0.2, 0) is 6.42 Å². The molecule has 2 aromatic carbocycles. The predicted molar refractivity (Wildman–Crippen MR) is 89.8 cm³/mol. The Hall–Kier alpha value is -2.37. The molecular formula is C19H16ClNO. The molecule has 0 aliphatic carbocycles. The van der Waals surface area contributed by atoms with E-state index in [9.17, 15) is 10.1 Å². The van der Waals surface area contributed by atoms with E-state index in [2.05, 4.69) is 6.92 Å². The zero-order valence-electron chi connectivity index (χ0n) is 12.3. The number of benzene rings is 2. The van der Waals surface area contributed by atoms with Crippen LogP contribution in [0.15, 0.2) is 54.1 Å². The Bertz CT molecular complexity index is 739. The molecule has 3 heteroatoms. The summed E-state index contributed by atoms with van der Waals surface area (Å²) in [5.41, 5.74) is 2.55. The van der Waals surface area contributed by atoms with Gasteiger partial charge in [-0.3, -0.25) is 4.79 Å². The highest BCUT2D eigenvalue weighted by atomic mass is 35.5. The molecule has 0 aliphatic rings. The molecule has 0 bridgehead atoms. The molecule has 2 rings (SSSR count). The van der Waals surface area contributed by atoms with Crippen molar-refractivity contribution >= 4 is 23.5 Å². The number of halogens is 1. The number of Topliss-reactive ketones (excluding diaryl/α,β-unsaturated/α-hetero) is 1. The van der Waals surface area contributed by atoms with E-state index >= 15 is 0 Å². The van der Waals surface area contributed by atoms with Gasteiger partial charge in [0.15, 0.2) is 0 Å². The highest BCUT2D eigenvalue weighted by Crippen LogP contribution is 2.17. The topological polar surface area (TPSA) is 40.9 Å². The second-order valence-electron chi connectivity index (χ2n) is 5.00. The summed E-state index contributed by atoms with van der Waals surface area (Å²) in [4.78, 5) is 12.4. The molecule has 0 unspecified atom stereocenters. The lowest BCUT2D eigenvalue weighted by molar-refractivity contribution is 0.104. The summed E-state index contributed by atoms with van der Waals surface area (Å²) < 4.78 is 0. The van der Waals surface area contributed by atoms with E-state index in [1.165, 1.54) is 5.56 Å². The van der Waals surface area contributed by atoms with Crippen LogP contribution in [0.1, 0.15) is 34.8 Å². The summed E-state index contributed by atoms with van der Waals surface area (Å²) in [6, 6.07) is 16.5. The smallest absolute Gasteiger partial charge is 0.203 e. The van der Waals surface area contributed by atoms with E-state index in [1.807, 2.05) is 18.2 Å². The van der Waals surface area contributed by atoms with Gasteiger partial charge in [0.2, 0.25) is 5.78 Å². The lowest BCUT2D eigenvalue weighted by atomic mass is 10.00. The largest absolute Gasteiger partial charge is 0.288 e. The fourth-order valence-electron chi connectivity index (χ4n) is 2.18. The quantitative estimate of drug-likeness (QED) is 0.439. The number of aryl methyl sites for hydroxylation is 1. The highest BCUT2D eigenvalue weighted by molar-refractivity contribution is 6.30. The van der Waals surface area contributed by atoms with E-state index in [0.29, 0.717) is 10.6 Å². The van der Waals surface area contributed by atoms with Gasteiger partial charge >= 0.3 is 0 Å². The second-order valence-corrected chi connectivity index (χ2v) is 5.44. The minimum Gasteiger partial charge on any atom is -0.288 e. The average Bonchev–Trinajstić information content (AvgIpc) is 2.53. The summed E-state index contributed by atoms with van der Waals surface area (Å²) in [6.07, 6.45) is 3.61. The van der Waals surface area contributed by atoms with Crippen molar-refractivity contribution in [3.63, 3.8) is 0 Å². The molecular weight excluding hydrogens is 294 g/mol. The second kappa shape index (κ2) is 7.59. The van der Waals surface area contributed by atoms with Crippen LogP contribution in [0.5, 0.6) is 0 Å². The summed E-state index contributed by atoms with van der Waals surface area (Å²) in [6.45, 7) is 2.11. The van der Waals surface area contributed by atoms with Gasteiger partial charge in [-0.25, -0.2) is 0 Å². The van der Waals surface area contributed by atoms with E-state index in [4.69, 9.17) is 11.6 Å². The monoisotopic (exact) mass is 309 g/mol. The highest BCUT2D eigenvalue weighted by Gasteiger charge is 2.12. The van der Waals surface area contributed by atoms with Gasteiger partial charge in [0.05, 0.1) is 0 Å². The number of allylic oxidation sites excluding steroid dienone is 1. The van der Waals surface area contributed by atoms with Crippen LogP contribution >= 0.6 is 11.6 Å². The molecule has 0 saturated carbocycles. The SMILES string of the molecule is CCCc1ccc(C(=O)/C(C#N)=C/c2cccc(Cl)c2)cc1. The maximum absolute atomic E-state index is 12.4. The van der Waals surface area contributed by atoms with Gasteiger partial charge in [0.25, 0.3) is 0 Å². The third kappa shape index (κ3) is 4.07. The Kier molecular flexibility index (Phi) is 5.52. The number of carbonyl (C=O) groups is 1. The molecule has 0 N–H and O–H groups in total. The number of nitrogens with zero attached hydrogens (tertiary/aromatic N) is 1. The first-order valence-corrected chi connectivity index (χ1v) is 7.53. The minimum absolute atomic E-state index is 0.102. The van der Waals surface area contributed by atoms with Crippen molar-refractivity contribution in [1.29, 1.82) is 5.26 Å². The Labute approximate surface area is 135 Å². The van der Waals surface area contributed by atoms with Gasteiger partial charge in [-0.05, 0) is 35.8 Å². The van der Waals surface area contributed by atoms with Crippen molar-refractivity contribution in [2.24, 2.45) is 0 Å². The van der Waals surface area contributed by atoms with Crippen molar-refractivity contribution in [2.45, 2.75) is 19.8 Å². The molecule has 0 saturated heterocycles. The van der Waals surface area contributed by atoms with E-state index < -0.39 is 0 Å². The Morgan fingerprint density at radius 2 is 1.95 bits per heavy atom. The molecule has 0 heterocycles. The van der Waals surface area contributed by atoms with Crippen LogP contribution in [-0.4, -0.2) is 5.78 Å². The van der Waals surface area contributed by atoms with Crippen LogP contribution in [0.25, 0.3) is 6.08 Å². The minimum atomic E-state index is -0.273. The average molecular weight is 310 g/mol. The van der Waals surface area contributed by atoms with Crippen molar-refractivity contribution in [2.75, 3.05) is 0 Å². The third-order valence-electron chi connectivity index (χ3n) is 3.28. The Morgan fingerprint density at radius 1 is 1.23 bits per heavy atom. The zero-order chi connectivity index (χ0) is 15.9. The normalized spacial score (nSPS) is 11.0. The summed E-state index contributed by atoms with van der Waals surface area (Å²) in [5.74, 6) is -0.273. The van der Waals surface area contributed by atoms with Crippen molar-refractivity contribution < 1.29 is 4.79 Å². The predicted octanol–water partition coefficient (Wildman–Crippen LogP) is 5.08. The van der Waals surface area contributed by atoms with Gasteiger partial charge in [-0.1, -0.05) is 61.3 Å².